The summed E-state index contributed by atoms with van der Waals surface area (Å²) in [4.78, 5) is 8.66. The van der Waals surface area contributed by atoms with Crippen molar-refractivity contribution in [2.45, 2.75) is 6.54 Å². The van der Waals surface area contributed by atoms with Gasteiger partial charge >= 0.3 is 0 Å². The number of fused-ring (bicyclic) bond motifs is 1. The Balaban J connectivity index is 1.90. The average molecular weight is 357 g/mol. The summed E-state index contributed by atoms with van der Waals surface area (Å²) >= 11 is 1.11. The maximum absolute atomic E-state index is 5.38. The molecule has 4 N–H and O–H groups in total. The second-order valence-corrected chi connectivity index (χ2v) is 5.73. The second-order valence-electron chi connectivity index (χ2n) is 5.21. The number of hydrogen-bond acceptors (Lipinski definition) is 8. The maximum Gasteiger partial charge on any atom is 0.162 e. The standard InChI is InChI=1S/C17H19N5O2S/c1-23-15-7-13-14(8-16(15)24-2)19-10-20-17(13)22-12-5-3-11(4-6-12)9-21-25-18/h3-8,10,21H,9,18H2,1-2H3,(H,19,20,22). The summed E-state index contributed by atoms with van der Waals surface area (Å²) in [5, 5.41) is 9.54. The Kier molecular flexibility index (Phi) is 5.54. The number of nitrogens with one attached hydrogen (secondary N) is 2. The van der Waals surface area contributed by atoms with Crippen molar-refractivity contribution in [2.24, 2.45) is 5.14 Å². The molecule has 8 heteroatoms. The summed E-state index contributed by atoms with van der Waals surface area (Å²) in [6.07, 6.45) is 1.52. The lowest BCUT2D eigenvalue weighted by atomic mass is 10.2. The van der Waals surface area contributed by atoms with Crippen LogP contribution >= 0.6 is 12.1 Å². The van der Waals surface area contributed by atoms with E-state index in [0.29, 0.717) is 23.9 Å². The van der Waals surface area contributed by atoms with Crippen LogP contribution in [0.5, 0.6) is 11.5 Å². The molecule has 0 saturated heterocycles. The van der Waals surface area contributed by atoms with E-state index >= 15 is 0 Å². The molecule has 0 aliphatic rings. The lowest BCUT2D eigenvalue weighted by Gasteiger charge is -2.12. The fourth-order valence-corrected chi connectivity index (χ4v) is 2.70. The molecule has 0 spiro atoms. The molecular formula is C17H19N5O2S. The number of aromatic nitrogens is 2. The van der Waals surface area contributed by atoms with Gasteiger partial charge in [0.05, 0.1) is 19.7 Å². The zero-order valence-electron chi connectivity index (χ0n) is 13.9. The number of nitrogens with zero attached hydrogens (tertiary/aromatic N) is 2. The molecule has 0 unspecified atom stereocenters. The fraction of sp³-hybridized carbons (Fsp3) is 0.176. The van der Waals surface area contributed by atoms with E-state index < -0.39 is 0 Å². The van der Waals surface area contributed by atoms with Gasteiger partial charge in [0.25, 0.3) is 0 Å². The number of benzene rings is 2. The zero-order valence-corrected chi connectivity index (χ0v) is 14.8. The molecule has 0 radical (unpaired) electrons. The zero-order chi connectivity index (χ0) is 17.6. The van der Waals surface area contributed by atoms with Crippen LogP contribution in [0, 0.1) is 0 Å². The monoisotopic (exact) mass is 357 g/mol. The second kappa shape index (κ2) is 8.02. The quantitative estimate of drug-likeness (QED) is 0.556. The Morgan fingerprint density at radius 1 is 1.04 bits per heavy atom. The number of ether oxygens (including phenoxy) is 2. The van der Waals surface area contributed by atoms with Gasteiger partial charge in [0.2, 0.25) is 0 Å². The van der Waals surface area contributed by atoms with Gasteiger partial charge in [-0.25, -0.2) is 14.7 Å². The van der Waals surface area contributed by atoms with Gasteiger partial charge in [-0.05, 0) is 23.8 Å². The van der Waals surface area contributed by atoms with Gasteiger partial charge in [0, 0.05) is 35.8 Å². The van der Waals surface area contributed by atoms with Gasteiger partial charge in [-0.1, -0.05) is 12.1 Å². The van der Waals surface area contributed by atoms with Crippen molar-refractivity contribution in [3.8, 4) is 11.5 Å². The molecule has 0 atom stereocenters. The van der Waals surface area contributed by atoms with E-state index in [0.717, 1.165) is 34.3 Å². The van der Waals surface area contributed by atoms with Gasteiger partial charge < -0.3 is 14.8 Å². The summed E-state index contributed by atoms with van der Waals surface area (Å²) in [6, 6.07) is 11.7. The van der Waals surface area contributed by atoms with Gasteiger partial charge in [-0.2, -0.15) is 0 Å². The number of rotatable bonds is 7. The van der Waals surface area contributed by atoms with Gasteiger partial charge in [0.1, 0.15) is 12.1 Å². The molecule has 0 bridgehead atoms. The minimum atomic E-state index is 0.633. The van der Waals surface area contributed by atoms with E-state index in [1.54, 1.807) is 14.2 Å². The van der Waals surface area contributed by atoms with Crippen molar-refractivity contribution < 1.29 is 9.47 Å². The Bertz CT molecular complexity index is 858. The molecule has 2 aromatic carbocycles. The van der Waals surface area contributed by atoms with Crippen molar-refractivity contribution >= 4 is 34.5 Å². The molecule has 3 aromatic rings. The summed E-state index contributed by atoms with van der Waals surface area (Å²) in [6.45, 7) is 0.703. The van der Waals surface area contributed by atoms with E-state index in [2.05, 4.69) is 20.0 Å². The summed E-state index contributed by atoms with van der Waals surface area (Å²) in [7, 11) is 3.20. The van der Waals surface area contributed by atoms with Crippen LogP contribution < -0.4 is 24.7 Å². The third-order valence-corrected chi connectivity index (χ3v) is 4.03. The fourth-order valence-electron chi connectivity index (χ4n) is 2.45. The van der Waals surface area contributed by atoms with E-state index in [4.69, 9.17) is 14.6 Å². The highest BCUT2D eigenvalue weighted by Gasteiger charge is 2.11. The van der Waals surface area contributed by atoms with Gasteiger partial charge in [-0.15, -0.1) is 0 Å². The SMILES string of the molecule is COc1cc2ncnc(Nc3ccc(CNSN)cc3)c2cc1OC. The van der Waals surface area contributed by atoms with Gasteiger partial charge in [0.15, 0.2) is 11.5 Å². The Morgan fingerprint density at radius 2 is 1.76 bits per heavy atom. The number of nitrogens with two attached hydrogens (primary N) is 1. The largest absolute Gasteiger partial charge is 0.493 e. The molecular weight excluding hydrogens is 338 g/mol. The first kappa shape index (κ1) is 17.3. The lowest BCUT2D eigenvalue weighted by molar-refractivity contribution is 0.356. The van der Waals surface area contributed by atoms with E-state index in [1.165, 1.54) is 6.33 Å². The molecule has 0 saturated carbocycles. The summed E-state index contributed by atoms with van der Waals surface area (Å²) < 4.78 is 13.7. The molecule has 0 fully saturated rings. The van der Waals surface area contributed by atoms with E-state index in [1.807, 2.05) is 36.4 Å². The number of methoxy groups -OCH3 is 2. The molecule has 0 amide bonds. The predicted molar refractivity (Wildman–Crippen MR) is 101 cm³/mol. The van der Waals surface area contributed by atoms with Crippen molar-refractivity contribution in [1.29, 1.82) is 0 Å². The van der Waals surface area contributed by atoms with Crippen molar-refractivity contribution in [2.75, 3.05) is 19.5 Å². The highest BCUT2D eigenvalue weighted by atomic mass is 32.2. The third kappa shape index (κ3) is 3.93. The Hall–Kier alpha value is -2.55. The van der Waals surface area contributed by atoms with E-state index in [9.17, 15) is 0 Å². The minimum absolute atomic E-state index is 0.633. The van der Waals surface area contributed by atoms with Gasteiger partial charge in [-0.3, -0.25) is 5.14 Å². The molecule has 130 valence electrons. The van der Waals surface area contributed by atoms with Crippen LogP contribution in [0.4, 0.5) is 11.5 Å². The van der Waals surface area contributed by atoms with E-state index in [-0.39, 0.29) is 0 Å². The first-order valence-electron chi connectivity index (χ1n) is 7.56. The van der Waals surface area contributed by atoms with Crippen LogP contribution in [0.3, 0.4) is 0 Å². The number of hydrogen-bond donors (Lipinski definition) is 3. The lowest BCUT2D eigenvalue weighted by Crippen LogP contribution is -2.06. The minimum Gasteiger partial charge on any atom is -0.493 e. The predicted octanol–water partition coefficient (Wildman–Crippen LogP) is 3.00. The molecule has 1 aromatic heterocycles. The van der Waals surface area contributed by atoms with Crippen LogP contribution in [0.2, 0.25) is 0 Å². The molecule has 0 aliphatic heterocycles. The smallest absolute Gasteiger partial charge is 0.162 e. The van der Waals surface area contributed by atoms with Crippen LogP contribution in [-0.2, 0) is 6.54 Å². The van der Waals surface area contributed by atoms with Crippen molar-refractivity contribution in [3.63, 3.8) is 0 Å². The maximum atomic E-state index is 5.38. The highest BCUT2D eigenvalue weighted by molar-refractivity contribution is 7.95. The van der Waals surface area contributed by atoms with Crippen LogP contribution in [-0.4, -0.2) is 24.2 Å². The van der Waals surface area contributed by atoms with Crippen LogP contribution in [0.25, 0.3) is 10.9 Å². The van der Waals surface area contributed by atoms with Crippen molar-refractivity contribution in [3.05, 3.63) is 48.3 Å². The molecule has 7 nitrogen and oxygen atoms in total. The summed E-state index contributed by atoms with van der Waals surface area (Å²) in [5.74, 6) is 1.97. The highest BCUT2D eigenvalue weighted by Crippen LogP contribution is 2.34. The summed E-state index contributed by atoms with van der Waals surface area (Å²) in [5.41, 5.74) is 2.84. The van der Waals surface area contributed by atoms with Crippen LogP contribution in [0.15, 0.2) is 42.7 Å². The molecule has 3 rings (SSSR count). The van der Waals surface area contributed by atoms with Crippen molar-refractivity contribution in [1.82, 2.24) is 14.7 Å². The number of anilines is 2. The average Bonchev–Trinajstić information content (AvgIpc) is 2.66. The first-order valence-corrected chi connectivity index (χ1v) is 8.44. The normalized spacial score (nSPS) is 10.7. The topological polar surface area (TPSA) is 94.3 Å². The van der Waals surface area contributed by atoms with Crippen LogP contribution in [0.1, 0.15) is 5.56 Å². The molecule has 0 aliphatic carbocycles. The first-order chi connectivity index (χ1) is 12.2. The molecule has 1 heterocycles. The third-order valence-electron chi connectivity index (χ3n) is 3.72. The Morgan fingerprint density at radius 3 is 2.44 bits per heavy atom. The molecule has 25 heavy (non-hydrogen) atoms. The Labute approximate surface area is 150 Å².